The van der Waals surface area contributed by atoms with Crippen molar-refractivity contribution in [3.63, 3.8) is 0 Å². The molecule has 178 valence electrons. The number of hydrogen-bond donors (Lipinski definition) is 0. The first-order valence-corrected chi connectivity index (χ1v) is 12.8. The number of aromatic nitrogens is 2. The van der Waals surface area contributed by atoms with Crippen LogP contribution >= 0.6 is 11.3 Å². The van der Waals surface area contributed by atoms with Crippen LogP contribution in [-0.4, -0.2) is 31.1 Å². The second-order valence-electron chi connectivity index (χ2n) is 7.84. The molecule has 10 heteroatoms. The number of sulfonamides is 1. The van der Waals surface area contributed by atoms with Crippen LogP contribution in [0.5, 0.6) is 0 Å². The Morgan fingerprint density at radius 2 is 1.79 bits per heavy atom. The van der Waals surface area contributed by atoms with Crippen LogP contribution in [0.1, 0.15) is 24.2 Å². The summed E-state index contributed by atoms with van der Waals surface area (Å²) < 4.78 is 68.2. The SMILES string of the molecule is Cc1nccc(-c2cccc(S(=O)(=O)N(CCCC(F)(F)F)c3sc4ccccc4c3C)c2)n1. The third kappa shape index (κ3) is 5.07. The maximum absolute atomic E-state index is 13.8. The van der Waals surface area contributed by atoms with Crippen molar-refractivity contribution < 1.29 is 21.6 Å². The molecule has 0 spiro atoms. The molecule has 0 radical (unpaired) electrons. The van der Waals surface area contributed by atoms with Gasteiger partial charge in [0.2, 0.25) is 0 Å². The van der Waals surface area contributed by atoms with E-state index in [0.29, 0.717) is 22.1 Å². The summed E-state index contributed by atoms with van der Waals surface area (Å²) in [5.41, 5.74) is 1.86. The summed E-state index contributed by atoms with van der Waals surface area (Å²) in [4.78, 5) is 8.40. The van der Waals surface area contributed by atoms with Crippen molar-refractivity contribution in [2.45, 2.75) is 37.8 Å². The van der Waals surface area contributed by atoms with Gasteiger partial charge >= 0.3 is 6.18 Å². The van der Waals surface area contributed by atoms with Gasteiger partial charge in [0.25, 0.3) is 10.0 Å². The highest BCUT2D eigenvalue weighted by Gasteiger charge is 2.31. The first-order chi connectivity index (χ1) is 16.1. The average molecular weight is 506 g/mol. The molecule has 0 aliphatic carbocycles. The van der Waals surface area contributed by atoms with E-state index in [0.717, 1.165) is 20.0 Å². The van der Waals surface area contributed by atoms with Crippen LogP contribution in [0.2, 0.25) is 0 Å². The lowest BCUT2D eigenvalue weighted by Crippen LogP contribution is -2.32. The molecule has 2 aromatic carbocycles. The summed E-state index contributed by atoms with van der Waals surface area (Å²) >= 11 is 1.26. The number of benzene rings is 2. The van der Waals surface area contributed by atoms with Crippen molar-refractivity contribution in [2.75, 3.05) is 10.8 Å². The Morgan fingerprint density at radius 1 is 1.03 bits per heavy atom. The lowest BCUT2D eigenvalue weighted by atomic mass is 10.1. The van der Waals surface area contributed by atoms with Gasteiger partial charge in [0.1, 0.15) is 10.8 Å². The molecule has 2 heterocycles. The molecule has 0 fully saturated rings. The second-order valence-corrected chi connectivity index (χ2v) is 10.7. The summed E-state index contributed by atoms with van der Waals surface area (Å²) in [6.07, 6.45) is -4.19. The van der Waals surface area contributed by atoms with Gasteiger partial charge in [-0.3, -0.25) is 4.31 Å². The number of anilines is 1. The Balaban J connectivity index is 1.78. The van der Waals surface area contributed by atoms with Crippen molar-refractivity contribution in [3.8, 4) is 11.3 Å². The van der Waals surface area contributed by atoms with E-state index in [1.54, 1.807) is 38.2 Å². The minimum absolute atomic E-state index is 0.00914. The fraction of sp³-hybridized carbons (Fsp3) is 0.250. The number of rotatable bonds is 7. The minimum atomic E-state index is -4.37. The standard InChI is InChI=1S/C24H22F3N3O2S2/c1-16-20-9-3-4-10-22(20)33-23(16)30(14-6-12-24(25,26)27)34(31,32)19-8-5-7-18(15-19)21-11-13-28-17(2)29-21/h3-5,7-11,13,15H,6,12,14H2,1-2H3. The summed E-state index contributed by atoms with van der Waals surface area (Å²) in [6.45, 7) is 3.24. The van der Waals surface area contributed by atoms with Gasteiger partial charge < -0.3 is 0 Å². The Bertz CT molecular complexity index is 1430. The van der Waals surface area contributed by atoms with E-state index < -0.39 is 22.6 Å². The largest absolute Gasteiger partial charge is 0.389 e. The van der Waals surface area contributed by atoms with Crippen LogP contribution in [0.15, 0.2) is 65.7 Å². The second kappa shape index (κ2) is 9.34. The van der Waals surface area contributed by atoms with Gasteiger partial charge in [0.05, 0.1) is 10.6 Å². The zero-order valence-corrected chi connectivity index (χ0v) is 20.1. The number of alkyl halides is 3. The highest BCUT2D eigenvalue weighted by atomic mass is 32.2. The van der Waals surface area contributed by atoms with E-state index in [-0.39, 0.29) is 17.9 Å². The Labute approximate surface area is 200 Å². The van der Waals surface area contributed by atoms with Gasteiger partial charge in [0, 0.05) is 29.4 Å². The molecule has 2 aromatic heterocycles. The number of halogens is 3. The number of nitrogens with zero attached hydrogens (tertiary/aromatic N) is 3. The molecule has 0 atom stereocenters. The van der Waals surface area contributed by atoms with Gasteiger partial charge in [0.15, 0.2) is 0 Å². The molecule has 0 N–H and O–H groups in total. The van der Waals surface area contributed by atoms with Crippen molar-refractivity contribution in [2.24, 2.45) is 0 Å². The molecule has 0 saturated carbocycles. The highest BCUT2D eigenvalue weighted by molar-refractivity contribution is 7.93. The lowest BCUT2D eigenvalue weighted by molar-refractivity contribution is -0.134. The van der Waals surface area contributed by atoms with E-state index in [2.05, 4.69) is 9.97 Å². The van der Waals surface area contributed by atoms with Crippen LogP contribution < -0.4 is 4.31 Å². The summed E-state index contributed by atoms with van der Waals surface area (Å²) in [6, 6.07) is 15.4. The quantitative estimate of drug-likeness (QED) is 0.287. The normalized spacial score (nSPS) is 12.3. The minimum Gasteiger partial charge on any atom is -0.257 e. The Kier molecular flexibility index (Phi) is 6.64. The molecule has 5 nitrogen and oxygen atoms in total. The lowest BCUT2D eigenvalue weighted by Gasteiger charge is -2.24. The van der Waals surface area contributed by atoms with E-state index in [1.165, 1.54) is 23.5 Å². The van der Waals surface area contributed by atoms with Gasteiger partial charge in [-0.1, -0.05) is 30.3 Å². The zero-order valence-electron chi connectivity index (χ0n) is 18.5. The summed E-state index contributed by atoms with van der Waals surface area (Å²) in [5.74, 6) is 0.542. The first-order valence-electron chi connectivity index (χ1n) is 10.5. The number of aryl methyl sites for hydroxylation is 2. The Hall–Kier alpha value is -2.98. The molecule has 0 bridgehead atoms. The van der Waals surface area contributed by atoms with Gasteiger partial charge in [-0.2, -0.15) is 13.2 Å². The molecular weight excluding hydrogens is 483 g/mol. The molecule has 0 aliphatic rings. The molecule has 0 saturated heterocycles. The van der Waals surface area contributed by atoms with Crippen LogP contribution in [0.25, 0.3) is 21.3 Å². The van der Waals surface area contributed by atoms with Crippen molar-refractivity contribution in [1.29, 1.82) is 0 Å². The highest BCUT2D eigenvalue weighted by Crippen LogP contribution is 2.40. The predicted molar refractivity (Wildman–Crippen MR) is 129 cm³/mol. The summed E-state index contributed by atoms with van der Waals surface area (Å²) in [7, 11) is -4.15. The fourth-order valence-electron chi connectivity index (χ4n) is 3.71. The molecule has 0 amide bonds. The van der Waals surface area contributed by atoms with Crippen LogP contribution in [-0.2, 0) is 10.0 Å². The third-order valence-corrected chi connectivity index (χ3v) is 8.57. The molecule has 4 rings (SSSR count). The summed E-state index contributed by atoms with van der Waals surface area (Å²) in [5, 5.41) is 1.30. The monoisotopic (exact) mass is 505 g/mol. The third-order valence-electron chi connectivity index (χ3n) is 5.36. The maximum atomic E-state index is 13.8. The first kappa shape index (κ1) is 24.2. The van der Waals surface area contributed by atoms with E-state index in [1.807, 2.05) is 24.3 Å². The van der Waals surface area contributed by atoms with Gasteiger partial charge in [-0.15, -0.1) is 11.3 Å². The topological polar surface area (TPSA) is 63.2 Å². The van der Waals surface area contributed by atoms with Crippen LogP contribution in [0.3, 0.4) is 0 Å². The number of hydrogen-bond acceptors (Lipinski definition) is 5. The maximum Gasteiger partial charge on any atom is 0.389 e. The van der Waals surface area contributed by atoms with E-state index in [4.69, 9.17) is 0 Å². The van der Waals surface area contributed by atoms with Crippen molar-refractivity contribution >= 4 is 36.4 Å². The van der Waals surface area contributed by atoms with Gasteiger partial charge in [-0.25, -0.2) is 18.4 Å². The average Bonchev–Trinajstić information content (AvgIpc) is 3.12. The fourth-order valence-corrected chi connectivity index (χ4v) is 6.77. The van der Waals surface area contributed by atoms with E-state index >= 15 is 0 Å². The molecule has 4 aromatic rings. The predicted octanol–water partition coefficient (Wildman–Crippen LogP) is 6.51. The molecule has 0 unspecified atom stereocenters. The van der Waals surface area contributed by atoms with Crippen molar-refractivity contribution in [1.82, 2.24) is 9.97 Å². The van der Waals surface area contributed by atoms with Crippen LogP contribution in [0, 0.1) is 13.8 Å². The van der Waals surface area contributed by atoms with E-state index in [9.17, 15) is 21.6 Å². The van der Waals surface area contributed by atoms with Gasteiger partial charge in [-0.05, 0) is 55.5 Å². The zero-order chi connectivity index (χ0) is 24.5. The van der Waals surface area contributed by atoms with Crippen molar-refractivity contribution in [3.05, 3.63) is 72.2 Å². The molecule has 0 aliphatic heterocycles. The van der Waals surface area contributed by atoms with Crippen LogP contribution in [0.4, 0.5) is 18.2 Å². The smallest absolute Gasteiger partial charge is 0.257 e. The molecular formula is C24H22F3N3O2S2. The number of fused-ring (bicyclic) bond motifs is 1. The Morgan fingerprint density at radius 3 is 2.50 bits per heavy atom. The number of thiophene rings is 1. The molecule has 34 heavy (non-hydrogen) atoms.